The van der Waals surface area contributed by atoms with Gasteiger partial charge in [-0.05, 0) is 47.5 Å². The molecule has 1 aromatic heterocycles. The summed E-state index contributed by atoms with van der Waals surface area (Å²) >= 11 is 13.2. The maximum Gasteiger partial charge on any atom is 0.134 e. The Labute approximate surface area is 140 Å². The Hall–Kier alpha value is -0.520. The minimum Gasteiger partial charge on any atom is -0.486 e. The van der Waals surface area contributed by atoms with Crippen LogP contribution in [-0.2, 0) is 18.5 Å². The van der Waals surface area contributed by atoms with E-state index in [-0.39, 0.29) is 0 Å². The maximum absolute atomic E-state index is 6.27. The number of nitrogens with zero attached hydrogens (tertiary/aromatic N) is 2. The molecule has 0 radical (unpaired) electrons. The molecule has 0 aliphatic heterocycles. The minimum absolute atomic E-state index is 0.403. The molecule has 0 amide bonds. The average molecular weight is 423 g/mol. The van der Waals surface area contributed by atoms with E-state index in [1.807, 2.05) is 36.7 Å². The van der Waals surface area contributed by atoms with Gasteiger partial charge in [0.1, 0.15) is 12.4 Å². The van der Waals surface area contributed by atoms with E-state index in [1.165, 1.54) is 5.56 Å². The van der Waals surface area contributed by atoms with Gasteiger partial charge in [0.05, 0.1) is 20.9 Å². The van der Waals surface area contributed by atoms with Crippen molar-refractivity contribution in [1.29, 1.82) is 0 Å². The highest BCUT2D eigenvalue weighted by Gasteiger charge is 2.13. The number of hydrogen-bond donors (Lipinski definition) is 0. The molecule has 0 bridgehead atoms. The molecule has 0 aliphatic rings. The van der Waals surface area contributed by atoms with Crippen molar-refractivity contribution in [3.63, 3.8) is 0 Å². The molecular formula is C14H15Br2ClN2O. The summed E-state index contributed by atoms with van der Waals surface area (Å²) in [7, 11) is 0. The van der Waals surface area contributed by atoms with Gasteiger partial charge in [-0.1, -0.05) is 33.6 Å². The highest BCUT2D eigenvalue weighted by molar-refractivity contribution is 9.10. The number of alkyl halides is 1. The smallest absolute Gasteiger partial charge is 0.134 e. The van der Waals surface area contributed by atoms with E-state index >= 15 is 0 Å². The number of benzene rings is 1. The summed E-state index contributed by atoms with van der Waals surface area (Å²) in [6.45, 7) is 5.11. The van der Waals surface area contributed by atoms with Crippen LogP contribution in [0.3, 0.4) is 0 Å². The predicted octanol–water partition coefficient (Wildman–Crippen LogP) is 5.10. The van der Waals surface area contributed by atoms with Crippen molar-refractivity contribution in [3.8, 4) is 5.75 Å². The lowest BCUT2D eigenvalue weighted by atomic mass is 10.2. The second kappa shape index (κ2) is 6.96. The summed E-state index contributed by atoms with van der Waals surface area (Å²) in [5.41, 5.74) is 2.93. The van der Waals surface area contributed by atoms with Crippen LogP contribution < -0.4 is 4.74 Å². The van der Waals surface area contributed by atoms with Crippen molar-refractivity contribution >= 4 is 43.5 Å². The topological polar surface area (TPSA) is 27.1 Å². The van der Waals surface area contributed by atoms with Gasteiger partial charge in [0.15, 0.2) is 0 Å². The molecule has 0 saturated heterocycles. The zero-order valence-electron chi connectivity index (χ0n) is 11.3. The van der Waals surface area contributed by atoms with Gasteiger partial charge in [-0.15, -0.1) is 0 Å². The van der Waals surface area contributed by atoms with Gasteiger partial charge >= 0.3 is 0 Å². The highest BCUT2D eigenvalue weighted by Crippen LogP contribution is 2.29. The first-order valence-electron chi connectivity index (χ1n) is 6.25. The Morgan fingerprint density at radius 3 is 2.75 bits per heavy atom. The third-order valence-electron chi connectivity index (χ3n) is 2.97. The molecule has 0 saturated carbocycles. The predicted molar refractivity (Wildman–Crippen MR) is 88.8 cm³/mol. The summed E-state index contributed by atoms with van der Waals surface area (Å²) < 4.78 is 8.66. The quantitative estimate of drug-likeness (QED) is 0.627. The highest BCUT2D eigenvalue weighted by atomic mass is 79.9. The van der Waals surface area contributed by atoms with Gasteiger partial charge < -0.3 is 4.74 Å². The first-order valence-corrected chi connectivity index (χ1v) is 8.55. The minimum atomic E-state index is 0.403. The number of ether oxygens (including phenoxy) is 1. The van der Waals surface area contributed by atoms with E-state index in [9.17, 15) is 0 Å². The van der Waals surface area contributed by atoms with Crippen molar-refractivity contribution < 1.29 is 4.74 Å². The molecule has 2 aromatic rings. The Morgan fingerprint density at radius 1 is 1.40 bits per heavy atom. The van der Waals surface area contributed by atoms with E-state index in [0.29, 0.717) is 11.6 Å². The fourth-order valence-electron chi connectivity index (χ4n) is 1.90. The van der Waals surface area contributed by atoms with Crippen LogP contribution in [0.5, 0.6) is 5.75 Å². The van der Waals surface area contributed by atoms with Crippen molar-refractivity contribution in [1.82, 2.24) is 9.78 Å². The van der Waals surface area contributed by atoms with Crippen molar-refractivity contribution in [2.24, 2.45) is 0 Å². The third-order valence-corrected chi connectivity index (χ3v) is 4.73. The summed E-state index contributed by atoms with van der Waals surface area (Å²) in [6.07, 6.45) is 0. The second-order valence-electron chi connectivity index (χ2n) is 4.35. The molecule has 0 fully saturated rings. The molecular weight excluding hydrogens is 407 g/mol. The van der Waals surface area contributed by atoms with Crippen LogP contribution in [0.25, 0.3) is 0 Å². The SMILES string of the molecule is CCn1nc(C)c(Cl)c1COc1ccc(CBr)cc1Br. The van der Waals surface area contributed by atoms with Gasteiger partial charge in [-0.3, -0.25) is 4.68 Å². The Kier molecular flexibility index (Phi) is 5.52. The lowest BCUT2D eigenvalue weighted by Crippen LogP contribution is -2.06. The number of rotatable bonds is 5. The number of aryl methyl sites for hydroxylation is 2. The van der Waals surface area contributed by atoms with Crippen LogP contribution in [0, 0.1) is 6.92 Å². The van der Waals surface area contributed by atoms with Crippen LogP contribution in [-0.4, -0.2) is 9.78 Å². The summed E-state index contributed by atoms with van der Waals surface area (Å²) in [6, 6.07) is 6.01. The van der Waals surface area contributed by atoms with Crippen LogP contribution in [0.1, 0.15) is 23.9 Å². The van der Waals surface area contributed by atoms with Gasteiger partial charge in [0.2, 0.25) is 0 Å². The molecule has 0 aliphatic carbocycles. The zero-order chi connectivity index (χ0) is 14.7. The monoisotopic (exact) mass is 420 g/mol. The molecule has 3 nitrogen and oxygen atoms in total. The zero-order valence-corrected chi connectivity index (χ0v) is 15.2. The molecule has 0 spiro atoms. The standard InChI is InChI=1S/C14H15Br2ClN2O/c1-3-19-12(14(17)9(2)18-19)8-20-13-5-4-10(7-15)6-11(13)16/h4-6H,3,7-8H2,1-2H3. The molecule has 0 N–H and O–H groups in total. The van der Waals surface area contributed by atoms with Gasteiger partial charge in [-0.25, -0.2) is 0 Å². The molecule has 0 atom stereocenters. The van der Waals surface area contributed by atoms with E-state index in [2.05, 4.69) is 37.0 Å². The van der Waals surface area contributed by atoms with Crippen molar-refractivity contribution in [3.05, 3.63) is 44.6 Å². The molecule has 1 heterocycles. The maximum atomic E-state index is 6.27. The van der Waals surface area contributed by atoms with Crippen LogP contribution >= 0.6 is 43.5 Å². The van der Waals surface area contributed by atoms with Crippen LogP contribution in [0.15, 0.2) is 22.7 Å². The molecule has 2 rings (SSSR count). The van der Waals surface area contributed by atoms with Gasteiger partial charge in [0.25, 0.3) is 0 Å². The van der Waals surface area contributed by atoms with Crippen LogP contribution in [0.4, 0.5) is 0 Å². The first kappa shape index (κ1) is 15.9. The van der Waals surface area contributed by atoms with Gasteiger partial charge in [-0.2, -0.15) is 5.10 Å². The van der Waals surface area contributed by atoms with Gasteiger partial charge in [0, 0.05) is 11.9 Å². The Bertz CT molecular complexity index is 613. The number of aromatic nitrogens is 2. The van der Waals surface area contributed by atoms with E-state index in [1.54, 1.807) is 0 Å². The molecule has 6 heteroatoms. The molecule has 0 unspecified atom stereocenters. The summed E-state index contributed by atoms with van der Waals surface area (Å²) in [4.78, 5) is 0. The van der Waals surface area contributed by atoms with E-state index < -0.39 is 0 Å². The van der Waals surface area contributed by atoms with E-state index in [4.69, 9.17) is 16.3 Å². The number of hydrogen-bond acceptors (Lipinski definition) is 2. The summed E-state index contributed by atoms with van der Waals surface area (Å²) in [5, 5.41) is 5.88. The summed E-state index contributed by atoms with van der Waals surface area (Å²) in [5.74, 6) is 0.798. The van der Waals surface area contributed by atoms with Crippen LogP contribution in [0.2, 0.25) is 5.02 Å². The van der Waals surface area contributed by atoms with Crippen molar-refractivity contribution in [2.45, 2.75) is 32.3 Å². The fourth-order valence-corrected chi connectivity index (χ4v) is 2.98. The molecule has 20 heavy (non-hydrogen) atoms. The lowest BCUT2D eigenvalue weighted by Gasteiger charge is -2.10. The average Bonchev–Trinajstić information content (AvgIpc) is 2.73. The number of halogens is 3. The third kappa shape index (κ3) is 3.38. The van der Waals surface area contributed by atoms with Crippen molar-refractivity contribution in [2.75, 3.05) is 0 Å². The normalized spacial score (nSPS) is 10.8. The fraction of sp³-hybridized carbons (Fsp3) is 0.357. The molecule has 1 aromatic carbocycles. The first-order chi connectivity index (χ1) is 9.56. The largest absolute Gasteiger partial charge is 0.486 e. The molecule has 108 valence electrons. The Balaban J connectivity index is 2.17. The second-order valence-corrected chi connectivity index (χ2v) is 6.14. The Morgan fingerprint density at radius 2 is 2.15 bits per heavy atom. The lowest BCUT2D eigenvalue weighted by molar-refractivity contribution is 0.290. The van der Waals surface area contributed by atoms with E-state index in [0.717, 1.165) is 33.5 Å².